The molecule has 1 aliphatic rings. The molecule has 1 heterocycles. The predicted molar refractivity (Wildman–Crippen MR) is 111 cm³/mol. The first-order valence-corrected chi connectivity index (χ1v) is 9.54. The van der Waals surface area contributed by atoms with Crippen molar-refractivity contribution in [1.82, 2.24) is 0 Å². The van der Waals surface area contributed by atoms with Gasteiger partial charge in [0.1, 0.15) is 0 Å². The van der Waals surface area contributed by atoms with Crippen LogP contribution in [0.3, 0.4) is 0 Å². The maximum absolute atomic E-state index is 10.7. The lowest BCUT2D eigenvalue weighted by Gasteiger charge is -1.96. The average molecular weight is 406 g/mol. The van der Waals surface area contributed by atoms with Crippen LogP contribution in [0.1, 0.15) is 11.1 Å². The Balaban J connectivity index is 1.87. The van der Waals surface area contributed by atoms with Gasteiger partial charge in [-0.25, -0.2) is 0 Å². The van der Waals surface area contributed by atoms with Crippen LogP contribution in [0.4, 0.5) is 11.4 Å². The lowest BCUT2D eigenvalue weighted by molar-refractivity contribution is -0.385. The highest BCUT2D eigenvalue weighted by atomic mass is 32.2. The molecular formula is C20H10N2O4S2. The summed E-state index contributed by atoms with van der Waals surface area (Å²) in [7, 11) is 0. The van der Waals surface area contributed by atoms with Crippen LogP contribution in [-0.4, -0.2) is 9.85 Å². The van der Waals surface area contributed by atoms with Crippen molar-refractivity contribution < 1.29 is 9.85 Å². The molecule has 3 rings (SSSR count). The number of nitro benzene ring substituents is 2. The van der Waals surface area contributed by atoms with Gasteiger partial charge in [-0.15, -0.1) is 0 Å². The highest BCUT2D eigenvalue weighted by molar-refractivity contribution is 8.27. The number of allylic oxidation sites excluding steroid dienone is 1. The second kappa shape index (κ2) is 8.96. The van der Waals surface area contributed by atoms with E-state index in [-0.39, 0.29) is 11.4 Å². The third-order valence-corrected chi connectivity index (χ3v) is 5.56. The lowest BCUT2D eigenvalue weighted by Crippen LogP contribution is -1.87. The van der Waals surface area contributed by atoms with Gasteiger partial charge >= 0.3 is 0 Å². The molecule has 0 aliphatic carbocycles. The highest BCUT2D eigenvalue weighted by Gasteiger charge is 2.08. The van der Waals surface area contributed by atoms with Gasteiger partial charge in [-0.2, -0.15) is 0 Å². The predicted octanol–water partition coefficient (Wildman–Crippen LogP) is 5.07. The molecule has 8 heteroatoms. The van der Waals surface area contributed by atoms with E-state index < -0.39 is 9.85 Å². The van der Waals surface area contributed by atoms with Crippen LogP contribution in [0.25, 0.3) is 0 Å². The van der Waals surface area contributed by atoms with Gasteiger partial charge in [-0.05, 0) is 35.1 Å². The second-order valence-electron chi connectivity index (χ2n) is 5.28. The van der Waals surface area contributed by atoms with E-state index in [0.717, 1.165) is 4.24 Å². The van der Waals surface area contributed by atoms with E-state index in [2.05, 4.69) is 23.7 Å². The number of benzene rings is 2. The summed E-state index contributed by atoms with van der Waals surface area (Å²) in [5.41, 5.74) is 1.92. The monoisotopic (exact) mass is 406 g/mol. The first-order chi connectivity index (χ1) is 13.5. The van der Waals surface area contributed by atoms with Crippen LogP contribution in [0.5, 0.6) is 0 Å². The van der Waals surface area contributed by atoms with E-state index in [1.165, 1.54) is 47.8 Å². The Bertz CT molecular complexity index is 1030. The summed E-state index contributed by atoms with van der Waals surface area (Å²) >= 11 is 3.02. The molecular weight excluding hydrogens is 396 g/mol. The fourth-order valence-electron chi connectivity index (χ4n) is 2.06. The van der Waals surface area contributed by atoms with E-state index in [1.54, 1.807) is 24.3 Å². The average Bonchev–Trinajstić information content (AvgIpc) is 3.23. The number of non-ortho nitro benzene ring substituents is 2. The number of nitrogens with zero attached hydrogens (tertiary/aromatic N) is 2. The quantitative estimate of drug-likeness (QED) is 0.393. The normalized spacial score (nSPS) is 11.8. The molecule has 1 aliphatic heterocycles. The molecule has 28 heavy (non-hydrogen) atoms. The molecule has 0 aromatic heterocycles. The van der Waals surface area contributed by atoms with Gasteiger partial charge in [0.25, 0.3) is 11.4 Å². The van der Waals surface area contributed by atoms with Gasteiger partial charge in [0.2, 0.25) is 0 Å². The standard InChI is InChI=1S/C20H10N2O4S2/c23-21(24)18-9-3-15(4-10-18)1-7-17(20-27-13-14-28-20)8-2-16-5-11-19(12-6-16)22(25)26/h3-6,9-14H. The van der Waals surface area contributed by atoms with Gasteiger partial charge in [-0.1, -0.05) is 47.2 Å². The van der Waals surface area contributed by atoms with E-state index in [1.807, 2.05) is 10.8 Å². The summed E-state index contributed by atoms with van der Waals surface area (Å²) in [6.07, 6.45) is 0. The van der Waals surface area contributed by atoms with Crippen molar-refractivity contribution in [2.45, 2.75) is 0 Å². The summed E-state index contributed by atoms with van der Waals surface area (Å²) < 4.78 is 0.934. The van der Waals surface area contributed by atoms with Gasteiger partial charge in [-0.3, -0.25) is 20.2 Å². The van der Waals surface area contributed by atoms with Crippen molar-refractivity contribution in [2.75, 3.05) is 0 Å². The van der Waals surface area contributed by atoms with E-state index >= 15 is 0 Å². The molecule has 2 aromatic rings. The van der Waals surface area contributed by atoms with Crippen molar-refractivity contribution >= 4 is 34.9 Å². The lowest BCUT2D eigenvalue weighted by atomic mass is 10.1. The van der Waals surface area contributed by atoms with E-state index in [9.17, 15) is 20.2 Å². The number of thioether (sulfide) groups is 2. The summed E-state index contributed by atoms with van der Waals surface area (Å²) in [5.74, 6) is 12.0. The zero-order chi connectivity index (χ0) is 19.9. The molecule has 0 atom stereocenters. The van der Waals surface area contributed by atoms with Crippen molar-refractivity contribution in [3.8, 4) is 23.7 Å². The number of nitro groups is 2. The van der Waals surface area contributed by atoms with Crippen molar-refractivity contribution in [1.29, 1.82) is 0 Å². The van der Waals surface area contributed by atoms with Crippen molar-refractivity contribution in [3.05, 3.63) is 101 Å². The molecule has 0 N–H and O–H groups in total. The maximum Gasteiger partial charge on any atom is 0.269 e. The van der Waals surface area contributed by atoms with Gasteiger partial charge in [0.05, 0.1) is 19.7 Å². The fourth-order valence-corrected chi connectivity index (χ4v) is 3.75. The molecule has 0 bridgehead atoms. The topological polar surface area (TPSA) is 86.3 Å². The van der Waals surface area contributed by atoms with Crippen LogP contribution in [0.2, 0.25) is 0 Å². The second-order valence-corrected chi connectivity index (χ2v) is 7.37. The minimum Gasteiger partial charge on any atom is -0.258 e. The molecule has 0 amide bonds. The molecule has 6 nitrogen and oxygen atoms in total. The zero-order valence-corrected chi connectivity index (χ0v) is 15.8. The highest BCUT2D eigenvalue weighted by Crippen LogP contribution is 2.39. The summed E-state index contributed by atoms with van der Waals surface area (Å²) in [6, 6.07) is 12.0. The molecule has 0 saturated carbocycles. The number of hydrogen-bond acceptors (Lipinski definition) is 6. The molecule has 0 saturated heterocycles. The van der Waals surface area contributed by atoms with Gasteiger partial charge in [0.15, 0.2) is 0 Å². The van der Waals surface area contributed by atoms with Gasteiger partial charge in [0, 0.05) is 35.4 Å². The molecule has 0 fully saturated rings. The van der Waals surface area contributed by atoms with E-state index in [4.69, 9.17) is 0 Å². The number of rotatable bonds is 2. The summed E-state index contributed by atoms with van der Waals surface area (Å²) in [5, 5.41) is 25.3. The Morgan fingerprint density at radius 1 is 0.714 bits per heavy atom. The first kappa shape index (κ1) is 19.3. The molecule has 2 aromatic carbocycles. The van der Waals surface area contributed by atoms with Crippen LogP contribution in [-0.2, 0) is 0 Å². The van der Waals surface area contributed by atoms with E-state index in [0.29, 0.717) is 16.7 Å². The minimum atomic E-state index is -0.461. The fraction of sp³-hybridized carbons (Fsp3) is 0. The zero-order valence-electron chi connectivity index (χ0n) is 14.1. The smallest absolute Gasteiger partial charge is 0.258 e. The van der Waals surface area contributed by atoms with Crippen molar-refractivity contribution in [2.24, 2.45) is 0 Å². The molecule has 0 unspecified atom stereocenters. The Labute approximate surface area is 169 Å². The largest absolute Gasteiger partial charge is 0.269 e. The SMILES string of the molecule is O=[N+]([O-])c1ccc(C#CC(C#Cc2ccc([N+](=O)[O-])cc2)=C2SC=CS2)cc1. The van der Waals surface area contributed by atoms with Crippen LogP contribution in [0.15, 0.2) is 69.2 Å². The Kier molecular flexibility index (Phi) is 6.18. The first-order valence-electron chi connectivity index (χ1n) is 7.78. The Morgan fingerprint density at radius 3 is 1.46 bits per heavy atom. The van der Waals surface area contributed by atoms with Crippen LogP contribution >= 0.6 is 23.5 Å². The van der Waals surface area contributed by atoms with Crippen LogP contribution in [0, 0.1) is 43.9 Å². The Hall–Kier alpha value is -3.46. The summed E-state index contributed by atoms with van der Waals surface area (Å²) in [6.45, 7) is 0. The third kappa shape index (κ3) is 5.04. The minimum absolute atomic E-state index is 0.00759. The molecule has 0 spiro atoms. The van der Waals surface area contributed by atoms with Crippen molar-refractivity contribution in [3.63, 3.8) is 0 Å². The molecule has 0 radical (unpaired) electrons. The summed E-state index contributed by atoms with van der Waals surface area (Å²) in [4.78, 5) is 20.5. The van der Waals surface area contributed by atoms with Gasteiger partial charge < -0.3 is 0 Å². The number of hydrogen-bond donors (Lipinski definition) is 0. The maximum atomic E-state index is 10.7. The van der Waals surface area contributed by atoms with Crippen LogP contribution < -0.4 is 0 Å². The third-order valence-electron chi connectivity index (χ3n) is 3.43. The Morgan fingerprint density at radius 2 is 1.11 bits per heavy atom. The molecule has 136 valence electrons.